The molecule has 0 unspecified atom stereocenters. The average Bonchev–Trinajstić information content (AvgIpc) is 2.82. The molecule has 0 aliphatic carbocycles. The van der Waals surface area contributed by atoms with E-state index < -0.39 is 0 Å². The predicted molar refractivity (Wildman–Crippen MR) is 79.3 cm³/mol. The van der Waals surface area contributed by atoms with E-state index in [1.165, 1.54) is 0 Å². The highest BCUT2D eigenvalue weighted by Gasteiger charge is 2.15. The van der Waals surface area contributed by atoms with E-state index in [1.807, 2.05) is 31.5 Å². The zero-order valence-corrected chi connectivity index (χ0v) is 13.4. The molecule has 0 bridgehead atoms. The van der Waals surface area contributed by atoms with Gasteiger partial charge in [0.05, 0.1) is 5.69 Å². The van der Waals surface area contributed by atoms with Crippen LogP contribution in [0.15, 0.2) is 6.07 Å². The predicted octanol–water partition coefficient (Wildman–Crippen LogP) is 2.08. The fourth-order valence-corrected chi connectivity index (χ4v) is 1.58. The van der Waals surface area contributed by atoms with E-state index in [0.29, 0.717) is 5.69 Å². The molecule has 5 heteroatoms. The fraction of sp³-hybridized carbons (Fsp3) is 0.714. The quantitative estimate of drug-likeness (QED) is 0.821. The summed E-state index contributed by atoms with van der Waals surface area (Å²) >= 11 is 0. The Bertz CT molecular complexity index is 385. The molecule has 1 amide bonds. The van der Waals surface area contributed by atoms with Gasteiger partial charge >= 0.3 is 0 Å². The highest BCUT2D eigenvalue weighted by molar-refractivity contribution is 5.92. The maximum atomic E-state index is 11.8. The Balaban J connectivity index is 0.00000154. The largest absolute Gasteiger partial charge is 0.343 e. The van der Waals surface area contributed by atoms with E-state index in [2.05, 4.69) is 24.0 Å². The lowest BCUT2D eigenvalue weighted by atomic mass is 10.3. The van der Waals surface area contributed by atoms with Crippen LogP contribution in [0.25, 0.3) is 0 Å². The van der Waals surface area contributed by atoms with Crippen LogP contribution in [0.4, 0.5) is 0 Å². The first-order chi connectivity index (χ1) is 8.99. The minimum atomic E-state index is -0.0439. The first-order valence-corrected chi connectivity index (χ1v) is 6.96. The second-order valence-electron chi connectivity index (χ2n) is 4.37. The van der Waals surface area contributed by atoms with Crippen LogP contribution in [0.2, 0.25) is 0 Å². The number of carbonyl (C=O) groups is 1. The van der Waals surface area contributed by atoms with E-state index >= 15 is 0 Å². The van der Waals surface area contributed by atoms with Gasteiger partial charge in [-0.05, 0) is 26.6 Å². The van der Waals surface area contributed by atoms with Crippen molar-refractivity contribution in [3.05, 3.63) is 17.5 Å². The molecule has 19 heavy (non-hydrogen) atoms. The Morgan fingerprint density at radius 2 is 1.84 bits per heavy atom. The molecule has 0 saturated carbocycles. The zero-order chi connectivity index (χ0) is 15.0. The number of amides is 1. The van der Waals surface area contributed by atoms with Crippen LogP contribution in [0.5, 0.6) is 0 Å². The maximum absolute atomic E-state index is 11.8. The van der Waals surface area contributed by atoms with Gasteiger partial charge in [-0.15, -0.1) is 0 Å². The lowest BCUT2D eigenvalue weighted by molar-refractivity contribution is 0.0821. The van der Waals surface area contributed by atoms with E-state index in [0.717, 1.165) is 25.3 Å². The third kappa shape index (κ3) is 5.03. The highest BCUT2D eigenvalue weighted by Crippen LogP contribution is 2.09. The Morgan fingerprint density at radius 1 is 1.26 bits per heavy atom. The van der Waals surface area contributed by atoms with Crippen molar-refractivity contribution in [3.63, 3.8) is 0 Å². The third-order valence-corrected chi connectivity index (χ3v) is 2.76. The van der Waals surface area contributed by atoms with Crippen molar-refractivity contribution in [3.8, 4) is 0 Å². The van der Waals surface area contributed by atoms with Crippen molar-refractivity contribution < 1.29 is 4.79 Å². The van der Waals surface area contributed by atoms with Gasteiger partial charge in [-0.25, -0.2) is 0 Å². The lowest BCUT2D eigenvalue weighted by Gasteiger charge is -2.13. The Kier molecular flexibility index (Phi) is 8.07. The molecule has 5 nitrogen and oxygen atoms in total. The first kappa shape index (κ1) is 17.6. The van der Waals surface area contributed by atoms with Crippen molar-refractivity contribution in [2.24, 2.45) is 0 Å². The van der Waals surface area contributed by atoms with Crippen molar-refractivity contribution >= 4 is 5.91 Å². The normalized spacial score (nSPS) is 10.1. The average molecular weight is 268 g/mol. The summed E-state index contributed by atoms with van der Waals surface area (Å²) in [7, 11) is 5.54. The van der Waals surface area contributed by atoms with Crippen molar-refractivity contribution in [2.45, 2.75) is 40.8 Å². The molecule has 1 aromatic heterocycles. The van der Waals surface area contributed by atoms with Crippen LogP contribution in [-0.4, -0.2) is 53.2 Å². The van der Waals surface area contributed by atoms with Crippen LogP contribution in [0, 0.1) is 0 Å². The molecule has 0 aliphatic rings. The SMILES string of the molecule is CC.CCN(C)Cc1cc(C(=O)N(C)C)nn1CC. The van der Waals surface area contributed by atoms with Crippen LogP contribution >= 0.6 is 0 Å². The Hall–Kier alpha value is -1.36. The molecule has 1 rings (SSSR count). The zero-order valence-electron chi connectivity index (χ0n) is 13.4. The van der Waals surface area contributed by atoms with Gasteiger partial charge in [0.2, 0.25) is 0 Å². The van der Waals surface area contributed by atoms with Gasteiger partial charge in [0.25, 0.3) is 5.91 Å². The Morgan fingerprint density at radius 3 is 2.26 bits per heavy atom. The molecule has 0 saturated heterocycles. The lowest BCUT2D eigenvalue weighted by Crippen LogP contribution is -2.22. The minimum Gasteiger partial charge on any atom is -0.343 e. The van der Waals surface area contributed by atoms with Gasteiger partial charge in [-0.2, -0.15) is 5.10 Å². The van der Waals surface area contributed by atoms with Gasteiger partial charge in [-0.1, -0.05) is 20.8 Å². The molecule has 0 radical (unpaired) electrons. The van der Waals surface area contributed by atoms with E-state index in [4.69, 9.17) is 0 Å². The number of nitrogens with zero attached hydrogens (tertiary/aromatic N) is 4. The van der Waals surface area contributed by atoms with Gasteiger partial charge < -0.3 is 9.80 Å². The monoisotopic (exact) mass is 268 g/mol. The van der Waals surface area contributed by atoms with E-state index in [-0.39, 0.29) is 5.91 Å². The standard InChI is InChI=1S/C12H22N4O.C2H6/c1-6-15(5)9-10-8-11(12(17)14(3)4)13-16(10)7-2;1-2/h8H,6-7,9H2,1-5H3;1-2H3. The molecule has 110 valence electrons. The van der Waals surface area contributed by atoms with E-state index in [1.54, 1.807) is 19.0 Å². The summed E-state index contributed by atoms with van der Waals surface area (Å²) in [6.45, 7) is 10.7. The number of aryl methyl sites for hydroxylation is 1. The number of hydrogen-bond donors (Lipinski definition) is 0. The van der Waals surface area contributed by atoms with Gasteiger partial charge in [-0.3, -0.25) is 9.48 Å². The first-order valence-electron chi connectivity index (χ1n) is 6.96. The summed E-state index contributed by atoms with van der Waals surface area (Å²) < 4.78 is 1.89. The molecule has 0 N–H and O–H groups in total. The fourth-order valence-electron chi connectivity index (χ4n) is 1.58. The summed E-state index contributed by atoms with van der Waals surface area (Å²) in [5, 5.41) is 4.34. The van der Waals surface area contributed by atoms with Gasteiger partial charge in [0, 0.05) is 27.2 Å². The van der Waals surface area contributed by atoms with Crippen molar-refractivity contribution in [1.29, 1.82) is 0 Å². The smallest absolute Gasteiger partial charge is 0.273 e. The summed E-state index contributed by atoms with van der Waals surface area (Å²) in [5.74, 6) is -0.0439. The minimum absolute atomic E-state index is 0.0439. The number of rotatable bonds is 5. The molecular weight excluding hydrogens is 240 g/mol. The van der Waals surface area contributed by atoms with Gasteiger partial charge in [0.1, 0.15) is 0 Å². The van der Waals surface area contributed by atoms with E-state index in [9.17, 15) is 4.79 Å². The number of aromatic nitrogens is 2. The summed E-state index contributed by atoms with van der Waals surface area (Å²) in [6, 6.07) is 1.89. The molecule has 1 heterocycles. The van der Waals surface area contributed by atoms with Crippen LogP contribution in [-0.2, 0) is 13.1 Å². The van der Waals surface area contributed by atoms with Crippen molar-refractivity contribution in [1.82, 2.24) is 19.6 Å². The van der Waals surface area contributed by atoms with Crippen LogP contribution in [0.1, 0.15) is 43.9 Å². The molecular formula is C14H28N4O. The highest BCUT2D eigenvalue weighted by atomic mass is 16.2. The number of carbonyl (C=O) groups excluding carboxylic acids is 1. The van der Waals surface area contributed by atoms with Gasteiger partial charge in [0.15, 0.2) is 5.69 Å². The number of hydrogen-bond acceptors (Lipinski definition) is 3. The second kappa shape index (κ2) is 8.69. The van der Waals surface area contributed by atoms with Crippen LogP contribution in [0.3, 0.4) is 0 Å². The summed E-state index contributed by atoms with van der Waals surface area (Å²) in [4.78, 5) is 15.6. The topological polar surface area (TPSA) is 41.4 Å². The van der Waals surface area contributed by atoms with Crippen LogP contribution < -0.4 is 0 Å². The molecule has 0 aromatic carbocycles. The molecule has 0 spiro atoms. The second-order valence-corrected chi connectivity index (χ2v) is 4.37. The third-order valence-electron chi connectivity index (χ3n) is 2.76. The Labute approximate surface area is 117 Å². The molecule has 0 fully saturated rings. The molecule has 1 aromatic rings. The van der Waals surface area contributed by atoms with Crippen molar-refractivity contribution in [2.75, 3.05) is 27.7 Å². The summed E-state index contributed by atoms with van der Waals surface area (Å²) in [6.07, 6.45) is 0. The summed E-state index contributed by atoms with van der Waals surface area (Å²) in [5.41, 5.74) is 1.61. The molecule has 0 aliphatic heterocycles. The maximum Gasteiger partial charge on any atom is 0.273 e. The molecule has 0 atom stereocenters.